The zero-order chi connectivity index (χ0) is 22.1. The highest BCUT2D eigenvalue weighted by molar-refractivity contribution is 6.05. The van der Waals surface area contributed by atoms with E-state index in [1.54, 1.807) is 11.1 Å². The first-order valence-corrected chi connectivity index (χ1v) is 11.8. The first kappa shape index (κ1) is 21.2. The summed E-state index contributed by atoms with van der Waals surface area (Å²) in [6, 6.07) is 4.37. The van der Waals surface area contributed by atoms with E-state index in [4.69, 9.17) is 0 Å². The van der Waals surface area contributed by atoms with Gasteiger partial charge in [-0.15, -0.1) is 0 Å². The molecule has 2 aromatic rings. The standard InChI is InChI=1S/C23H33N7O2/c1-27(16-17-4-9-24-10-5-17)18-6-12-28(13-7-18)19-3-2-11-29-21(15-25-22(19)29)30-14-8-20(31)26-23(30)32/h2-3,11,15,17-18,24H,4-10,12-14,16H2,1H3,(H,26,31,32). The van der Waals surface area contributed by atoms with Crippen LogP contribution in [0, 0.1) is 5.92 Å². The number of piperidine rings is 2. The second kappa shape index (κ2) is 9.07. The third-order valence-corrected chi connectivity index (χ3v) is 7.26. The van der Waals surface area contributed by atoms with E-state index in [9.17, 15) is 9.59 Å². The number of pyridine rings is 1. The largest absolute Gasteiger partial charge is 0.368 e. The number of carbonyl (C=O) groups is 2. The smallest absolute Gasteiger partial charge is 0.329 e. The first-order chi connectivity index (χ1) is 15.6. The maximum atomic E-state index is 12.3. The van der Waals surface area contributed by atoms with Gasteiger partial charge in [0.15, 0.2) is 5.65 Å². The summed E-state index contributed by atoms with van der Waals surface area (Å²) >= 11 is 0. The van der Waals surface area contributed by atoms with E-state index in [0.717, 1.165) is 56.3 Å². The van der Waals surface area contributed by atoms with Gasteiger partial charge in [0.05, 0.1) is 11.9 Å². The minimum absolute atomic E-state index is 0.228. The molecule has 3 fully saturated rings. The van der Waals surface area contributed by atoms with Gasteiger partial charge in [-0.1, -0.05) is 0 Å². The summed E-state index contributed by atoms with van der Waals surface area (Å²) in [5.41, 5.74) is 1.96. The lowest BCUT2D eigenvalue weighted by molar-refractivity contribution is -0.120. The van der Waals surface area contributed by atoms with Gasteiger partial charge in [0.1, 0.15) is 5.82 Å². The van der Waals surface area contributed by atoms with Gasteiger partial charge >= 0.3 is 6.03 Å². The van der Waals surface area contributed by atoms with Gasteiger partial charge in [0.2, 0.25) is 5.91 Å². The van der Waals surface area contributed by atoms with Crippen LogP contribution in [0.1, 0.15) is 32.1 Å². The molecule has 3 aliphatic heterocycles. The number of aromatic nitrogens is 2. The summed E-state index contributed by atoms with van der Waals surface area (Å²) < 4.78 is 1.96. The van der Waals surface area contributed by atoms with E-state index in [1.165, 1.54) is 19.4 Å². The number of imide groups is 1. The van der Waals surface area contributed by atoms with Crippen molar-refractivity contribution in [2.75, 3.05) is 56.1 Å². The van der Waals surface area contributed by atoms with Gasteiger partial charge in [-0.25, -0.2) is 9.78 Å². The molecule has 5 heterocycles. The van der Waals surface area contributed by atoms with Crippen LogP contribution in [0.5, 0.6) is 0 Å². The number of imidazole rings is 1. The fraction of sp³-hybridized carbons (Fsp3) is 0.609. The molecule has 0 atom stereocenters. The van der Waals surface area contributed by atoms with Crippen LogP contribution in [0.3, 0.4) is 0 Å². The summed E-state index contributed by atoms with van der Waals surface area (Å²) in [6.45, 7) is 5.89. The monoisotopic (exact) mass is 439 g/mol. The van der Waals surface area contributed by atoms with Gasteiger partial charge in [0.25, 0.3) is 0 Å². The number of urea groups is 1. The minimum Gasteiger partial charge on any atom is -0.368 e. The van der Waals surface area contributed by atoms with Crippen molar-refractivity contribution in [1.82, 2.24) is 24.9 Å². The van der Waals surface area contributed by atoms with E-state index in [2.05, 4.69) is 38.5 Å². The fourth-order valence-corrected chi connectivity index (χ4v) is 5.38. The summed E-state index contributed by atoms with van der Waals surface area (Å²) in [7, 11) is 2.29. The molecule has 9 heteroatoms. The Morgan fingerprint density at radius 2 is 1.91 bits per heavy atom. The lowest BCUT2D eigenvalue weighted by Crippen LogP contribution is -2.50. The average molecular weight is 440 g/mol. The van der Waals surface area contributed by atoms with Crippen molar-refractivity contribution >= 4 is 29.1 Å². The molecule has 0 bridgehead atoms. The Bertz CT molecular complexity index is 976. The zero-order valence-corrected chi connectivity index (χ0v) is 18.8. The molecule has 9 nitrogen and oxygen atoms in total. The number of hydrogen-bond donors (Lipinski definition) is 2. The number of nitrogens with zero attached hydrogens (tertiary/aromatic N) is 5. The molecular weight excluding hydrogens is 406 g/mol. The maximum absolute atomic E-state index is 12.3. The number of rotatable bonds is 5. The normalized spacial score (nSPS) is 21.6. The van der Waals surface area contributed by atoms with E-state index in [1.807, 2.05) is 16.7 Å². The maximum Gasteiger partial charge on any atom is 0.329 e. The van der Waals surface area contributed by atoms with E-state index >= 15 is 0 Å². The van der Waals surface area contributed by atoms with Crippen molar-refractivity contribution in [2.45, 2.75) is 38.1 Å². The van der Waals surface area contributed by atoms with Gasteiger partial charge in [-0.3, -0.25) is 19.4 Å². The number of carbonyl (C=O) groups excluding carboxylic acids is 2. The molecule has 0 aliphatic carbocycles. The molecular formula is C23H33N7O2. The Kier molecular flexibility index (Phi) is 6.01. The van der Waals surface area contributed by atoms with Gasteiger partial charge in [-0.2, -0.15) is 0 Å². The van der Waals surface area contributed by atoms with E-state index in [0.29, 0.717) is 24.8 Å². The molecule has 2 aromatic heterocycles. The van der Waals surface area contributed by atoms with Crippen molar-refractivity contribution in [2.24, 2.45) is 5.92 Å². The summed E-state index contributed by atoms with van der Waals surface area (Å²) in [5.74, 6) is 1.29. The molecule has 32 heavy (non-hydrogen) atoms. The van der Waals surface area contributed by atoms with E-state index < -0.39 is 0 Å². The second-order valence-electron chi connectivity index (χ2n) is 9.31. The molecule has 0 saturated carbocycles. The topological polar surface area (TPSA) is 85.2 Å². The van der Waals surface area contributed by atoms with Crippen LogP contribution in [0.25, 0.3) is 5.65 Å². The van der Waals surface area contributed by atoms with Crippen LogP contribution in [-0.2, 0) is 4.79 Å². The Morgan fingerprint density at radius 1 is 1.12 bits per heavy atom. The number of anilines is 2. The molecule has 0 unspecified atom stereocenters. The van der Waals surface area contributed by atoms with Crippen LogP contribution in [0.4, 0.5) is 16.3 Å². The van der Waals surface area contributed by atoms with E-state index in [-0.39, 0.29) is 11.9 Å². The Labute approximate surface area is 188 Å². The Balaban J connectivity index is 1.26. The van der Waals surface area contributed by atoms with Gasteiger partial charge in [0, 0.05) is 44.8 Å². The molecule has 0 radical (unpaired) electrons. The highest BCUT2D eigenvalue weighted by atomic mass is 16.2. The quantitative estimate of drug-likeness (QED) is 0.738. The molecule has 2 N–H and O–H groups in total. The molecule has 0 spiro atoms. The van der Waals surface area contributed by atoms with Crippen molar-refractivity contribution in [3.05, 3.63) is 24.5 Å². The van der Waals surface area contributed by atoms with Crippen LogP contribution in [0.15, 0.2) is 24.5 Å². The summed E-state index contributed by atoms with van der Waals surface area (Å²) in [6.07, 6.45) is 8.84. The number of fused-ring (bicyclic) bond motifs is 1. The number of nitrogens with one attached hydrogen (secondary N) is 2. The highest BCUT2D eigenvalue weighted by Crippen LogP contribution is 2.29. The molecule has 172 valence electrons. The molecule has 5 rings (SSSR count). The van der Waals surface area contributed by atoms with Crippen molar-refractivity contribution in [3.8, 4) is 0 Å². The predicted octanol–water partition coefficient (Wildman–Crippen LogP) is 1.68. The Hall–Kier alpha value is -2.65. The van der Waals surface area contributed by atoms with Crippen molar-refractivity contribution < 1.29 is 9.59 Å². The van der Waals surface area contributed by atoms with Crippen LogP contribution >= 0.6 is 0 Å². The highest BCUT2D eigenvalue weighted by Gasteiger charge is 2.29. The van der Waals surface area contributed by atoms with Crippen molar-refractivity contribution in [1.29, 1.82) is 0 Å². The molecule has 3 amide bonds. The molecule has 0 aromatic carbocycles. The number of hydrogen-bond acceptors (Lipinski definition) is 6. The predicted molar refractivity (Wildman–Crippen MR) is 124 cm³/mol. The number of amides is 3. The third kappa shape index (κ3) is 4.19. The van der Waals surface area contributed by atoms with Gasteiger partial charge < -0.3 is 15.1 Å². The second-order valence-corrected chi connectivity index (χ2v) is 9.31. The van der Waals surface area contributed by atoms with Crippen molar-refractivity contribution in [3.63, 3.8) is 0 Å². The first-order valence-electron chi connectivity index (χ1n) is 11.8. The fourth-order valence-electron chi connectivity index (χ4n) is 5.38. The third-order valence-electron chi connectivity index (χ3n) is 7.26. The average Bonchev–Trinajstić information content (AvgIpc) is 3.24. The lowest BCUT2D eigenvalue weighted by Gasteiger charge is -2.39. The molecule has 3 saturated heterocycles. The summed E-state index contributed by atoms with van der Waals surface area (Å²) in [4.78, 5) is 35.1. The minimum atomic E-state index is -0.383. The van der Waals surface area contributed by atoms with Gasteiger partial charge in [-0.05, 0) is 63.9 Å². The summed E-state index contributed by atoms with van der Waals surface area (Å²) in [5, 5.41) is 5.85. The SMILES string of the molecule is CN(CC1CCNCC1)C1CCN(c2cccn3c(N4CCC(=O)NC4=O)cnc23)CC1. The lowest BCUT2D eigenvalue weighted by atomic mass is 9.95. The Morgan fingerprint density at radius 3 is 2.66 bits per heavy atom. The van der Waals surface area contributed by atoms with Crippen LogP contribution < -0.4 is 20.4 Å². The van der Waals surface area contributed by atoms with Crippen LogP contribution in [-0.4, -0.2) is 78.6 Å². The van der Waals surface area contributed by atoms with Crippen LogP contribution in [0.2, 0.25) is 0 Å². The molecule has 3 aliphatic rings. The zero-order valence-electron chi connectivity index (χ0n) is 18.8.